The number of hydrogen-bond donors (Lipinski definition) is 1. The summed E-state index contributed by atoms with van der Waals surface area (Å²) >= 11 is 0. The minimum Gasteiger partial charge on any atom is -0.368 e. The van der Waals surface area contributed by atoms with Gasteiger partial charge in [-0.15, -0.1) is 0 Å². The van der Waals surface area contributed by atoms with Crippen LogP contribution in [0.1, 0.15) is 19.8 Å². The lowest BCUT2D eigenvalue weighted by Gasteiger charge is -2.37. The number of anilines is 2. The summed E-state index contributed by atoms with van der Waals surface area (Å²) in [5.74, 6) is 0.235. The molecule has 1 aliphatic heterocycles. The summed E-state index contributed by atoms with van der Waals surface area (Å²) in [4.78, 5) is 16.6. The average Bonchev–Trinajstić information content (AvgIpc) is 2.46. The van der Waals surface area contributed by atoms with E-state index in [-0.39, 0.29) is 5.91 Å². The normalized spacial score (nSPS) is 14.4. The smallest absolute Gasteiger partial charge is 0.227 e. The van der Waals surface area contributed by atoms with Crippen LogP contribution in [0.2, 0.25) is 0 Å². The second-order valence-corrected chi connectivity index (χ2v) is 4.82. The molecule has 19 heavy (non-hydrogen) atoms. The number of likely N-dealkylation sites (N-methyl/N-ethyl adjacent to an activating group) is 1. The molecule has 0 saturated carbocycles. The van der Waals surface area contributed by atoms with E-state index in [1.54, 1.807) is 0 Å². The van der Waals surface area contributed by atoms with Gasteiger partial charge in [0.2, 0.25) is 5.91 Å². The van der Waals surface area contributed by atoms with Crippen LogP contribution in [-0.2, 0) is 4.79 Å². The molecule has 4 nitrogen and oxygen atoms in total. The van der Waals surface area contributed by atoms with Crippen molar-refractivity contribution in [1.29, 1.82) is 0 Å². The number of hydrogen-bond acceptors (Lipinski definition) is 3. The van der Waals surface area contributed by atoms with Gasteiger partial charge in [0.1, 0.15) is 0 Å². The number of benzene rings is 1. The largest absolute Gasteiger partial charge is 0.368 e. The van der Waals surface area contributed by atoms with Crippen molar-refractivity contribution in [1.82, 2.24) is 5.32 Å². The predicted molar refractivity (Wildman–Crippen MR) is 79.8 cm³/mol. The number of fused-ring (bicyclic) bond motifs is 1. The van der Waals surface area contributed by atoms with E-state index in [1.165, 1.54) is 5.69 Å². The van der Waals surface area contributed by atoms with Gasteiger partial charge in [-0.1, -0.05) is 12.1 Å². The Balaban J connectivity index is 2.13. The predicted octanol–water partition coefficient (Wildman–Crippen LogP) is 1.86. The van der Waals surface area contributed by atoms with Crippen molar-refractivity contribution in [3.8, 4) is 0 Å². The number of carbonyl (C=O) groups excluding carboxylic acids is 1. The number of amides is 1. The standard InChI is InChI=1S/C15H23N3O/c1-3-17-11-12-18(15(19)9-6-10-16-2)14-8-5-4-7-13(14)17/h4-5,7-8,16H,3,6,9-12H2,1-2H3. The highest BCUT2D eigenvalue weighted by molar-refractivity contribution is 5.97. The van der Waals surface area contributed by atoms with Gasteiger partial charge in [-0.3, -0.25) is 4.79 Å². The summed E-state index contributed by atoms with van der Waals surface area (Å²) in [6.07, 6.45) is 1.51. The van der Waals surface area contributed by atoms with Gasteiger partial charge in [0.05, 0.1) is 11.4 Å². The maximum atomic E-state index is 12.3. The first-order valence-corrected chi connectivity index (χ1v) is 7.07. The Kier molecular flexibility index (Phi) is 4.80. The number of carbonyl (C=O) groups is 1. The molecule has 0 fully saturated rings. The van der Waals surface area contributed by atoms with E-state index in [9.17, 15) is 4.79 Å². The van der Waals surface area contributed by atoms with Gasteiger partial charge < -0.3 is 15.1 Å². The molecule has 1 N–H and O–H groups in total. The molecule has 0 radical (unpaired) electrons. The van der Waals surface area contributed by atoms with Crippen molar-refractivity contribution in [3.05, 3.63) is 24.3 Å². The Morgan fingerprint density at radius 3 is 2.68 bits per heavy atom. The van der Waals surface area contributed by atoms with Crippen molar-refractivity contribution in [2.24, 2.45) is 0 Å². The fraction of sp³-hybridized carbons (Fsp3) is 0.533. The zero-order valence-corrected chi connectivity index (χ0v) is 11.9. The summed E-state index contributed by atoms with van der Waals surface area (Å²) in [5.41, 5.74) is 2.24. The van der Waals surface area contributed by atoms with Gasteiger partial charge in [-0.25, -0.2) is 0 Å². The van der Waals surface area contributed by atoms with Crippen molar-refractivity contribution < 1.29 is 4.79 Å². The SMILES string of the molecule is CCN1CCN(C(=O)CCCNC)c2ccccc21. The van der Waals surface area contributed by atoms with Gasteiger partial charge in [0.25, 0.3) is 0 Å². The van der Waals surface area contributed by atoms with Crippen molar-refractivity contribution in [2.45, 2.75) is 19.8 Å². The molecule has 4 heteroatoms. The Hall–Kier alpha value is -1.55. The molecule has 1 aromatic rings. The highest BCUT2D eigenvalue weighted by Gasteiger charge is 2.25. The quantitative estimate of drug-likeness (QED) is 0.822. The topological polar surface area (TPSA) is 35.6 Å². The fourth-order valence-electron chi connectivity index (χ4n) is 2.56. The maximum absolute atomic E-state index is 12.3. The highest BCUT2D eigenvalue weighted by atomic mass is 16.2. The van der Waals surface area contributed by atoms with Gasteiger partial charge >= 0.3 is 0 Å². The van der Waals surface area contributed by atoms with Crippen molar-refractivity contribution >= 4 is 17.3 Å². The van der Waals surface area contributed by atoms with E-state index < -0.39 is 0 Å². The number of nitrogens with zero attached hydrogens (tertiary/aromatic N) is 2. The molecule has 0 spiro atoms. The molecule has 1 amide bonds. The maximum Gasteiger partial charge on any atom is 0.227 e. The van der Waals surface area contributed by atoms with Crippen LogP contribution in [0.25, 0.3) is 0 Å². The first-order chi connectivity index (χ1) is 9.27. The Labute approximate surface area is 115 Å². The fourth-order valence-corrected chi connectivity index (χ4v) is 2.56. The van der Waals surface area contributed by atoms with E-state index in [4.69, 9.17) is 0 Å². The lowest BCUT2D eigenvalue weighted by atomic mass is 10.1. The first kappa shape index (κ1) is 13.9. The molecule has 0 saturated heterocycles. The monoisotopic (exact) mass is 261 g/mol. The zero-order valence-electron chi connectivity index (χ0n) is 11.9. The van der Waals surface area contributed by atoms with Crippen LogP contribution in [0.15, 0.2) is 24.3 Å². The third-order valence-corrected chi connectivity index (χ3v) is 3.61. The van der Waals surface area contributed by atoms with Crippen LogP contribution in [0.3, 0.4) is 0 Å². The molecule has 1 heterocycles. The highest BCUT2D eigenvalue weighted by Crippen LogP contribution is 2.32. The van der Waals surface area contributed by atoms with E-state index >= 15 is 0 Å². The van der Waals surface area contributed by atoms with Crippen molar-refractivity contribution in [2.75, 3.05) is 43.0 Å². The summed E-state index contributed by atoms with van der Waals surface area (Å²) < 4.78 is 0. The van der Waals surface area contributed by atoms with Crippen LogP contribution in [0.4, 0.5) is 11.4 Å². The molecule has 1 aliphatic rings. The lowest BCUT2D eigenvalue weighted by molar-refractivity contribution is -0.118. The van der Waals surface area contributed by atoms with E-state index in [0.29, 0.717) is 6.42 Å². The molecule has 0 atom stereocenters. The van der Waals surface area contributed by atoms with E-state index in [0.717, 1.165) is 38.3 Å². The molecule has 1 aromatic carbocycles. The van der Waals surface area contributed by atoms with E-state index in [1.807, 2.05) is 30.1 Å². The van der Waals surface area contributed by atoms with Gasteiger partial charge in [0, 0.05) is 26.1 Å². The molecular formula is C15H23N3O. The number of rotatable bonds is 5. The van der Waals surface area contributed by atoms with Crippen LogP contribution in [0, 0.1) is 0 Å². The van der Waals surface area contributed by atoms with Crippen LogP contribution < -0.4 is 15.1 Å². The summed E-state index contributed by atoms with van der Waals surface area (Å²) in [6.45, 7) is 5.75. The van der Waals surface area contributed by atoms with Crippen LogP contribution in [0.5, 0.6) is 0 Å². The van der Waals surface area contributed by atoms with Crippen LogP contribution >= 0.6 is 0 Å². The van der Waals surface area contributed by atoms with Gasteiger partial charge in [-0.05, 0) is 39.1 Å². The minimum absolute atomic E-state index is 0.235. The Morgan fingerprint density at radius 1 is 1.26 bits per heavy atom. The molecule has 0 aromatic heterocycles. The van der Waals surface area contributed by atoms with E-state index in [2.05, 4.69) is 23.2 Å². The minimum atomic E-state index is 0.235. The Bertz CT molecular complexity index is 433. The summed E-state index contributed by atoms with van der Waals surface area (Å²) in [7, 11) is 1.92. The molecule has 0 aliphatic carbocycles. The molecule has 104 valence electrons. The molecule has 0 unspecified atom stereocenters. The third kappa shape index (κ3) is 3.07. The third-order valence-electron chi connectivity index (χ3n) is 3.61. The molecular weight excluding hydrogens is 238 g/mol. The number of nitrogens with one attached hydrogen (secondary N) is 1. The van der Waals surface area contributed by atoms with Crippen LogP contribution in [-0.4, -0.2) is 39.1 Å². The second kappa shape index (κ2) is 6.57. The van der Waals surface area contributed by atoms with Crippen molar-refractivity contribution in [3.63, 3.8) is 0 Å². The molecule has 2 rings (SSSR count). The lowest BCUT2D eigenvalue weighted by Crippen LogP contribution is -2.44. The molecule has 0 bridgehead atoms. The first-order valence-electron chi connectivity index (χ1n) is 7.07. The second-order valence-electron chi connectivity index (χ2n) is 4.82. The average molecular weight is 261 g/mol. The van der Waals surface area contributed by atoms with Gasteiger partial charge in [0.15, 0.2) is 0 Å². The number of para-hydroxylation sites is 2. The zero-order chi connectivity index (χ0) is 13.7. The summed E-state index contributed by atoms with van der Waals surface area (Å²) in [5, 5.41) is 3.08. The summed E-state index contributed by atoms with van der Waals surface area (Å²) in [6, 6.07) is 8.20. The Morgan fingerprint density at radius 2 is 2.00 bits per heavy atom. The van der Waals surface area contributed by atoms with Gasteiger partial charge in [-0.2, -0.15) is 0 Å².